The van der Waals surface area contributed by atoms with Crippen LogP contribution in [0.3, 0.4) is 0 Å². The number of hydrogen-bond acceptors (Lipinski definition) is 6. The second kappa shape index (κ2) is 5.36. The van der Waals surface area contributed by atoms with Crippen molar-refractivity contribution in [3.8, 4) is 0 Å². The number of aliphatic hydroxyl groups is 4. The van der Waals surface area contributed by atoms with Crippen LogP contribution in [0.5, 0.6) is 0 Å². The summed E-state index contributed by atoms with van der Waals surface area (Å²) in [6, 6.07) is -1.85. The van der Waals surface area contributed by atoms with Crippen LogP contribution >= 0.6 is 0 Å². The van der Waals surface area contributed by atoms with Gasteiger partial charge in [0, 0.05) is 0 Å². The summed E-state index contributed by atoms with van der Waals surface area (Å²) in [6.07, 6.45) is -12.2. The summed E-state index contributed by atoms with van der Waals surface area (Å²) >= 11 is 0. The van der Waals surface area contributed by atoms with E-state index in [2.05, 4.69) is 4.74 Å². The molecule has 0 radical (unpaired) electrons. The Balaban J connectivity index is 2.74. The molecule has 7 nitrogen and oxygen atoms in total. The Hall–Kier alpha value is -0.940. The first-order valence-electron chi connectivity index (χ1n) is 4.86. The lowest BCUT2D eigenvalue weighted by Gasteiger charge is -2.40. The molecule has 1 aliphatic heterocycles. The highest BCUT2D eigenvalue weighted by molar-refractivity contribution is 5.82. The van der Waals surface area contributed by atoms with E-state index in [-0.39, 0.29) is 0 Å². The molecule has 0 spiro atoms. The van der Waals surface area contributed by atoms with Gasteiger partial charge in [0.2, 0.25) is 0 Å². The maximum absolute atomic E-state index is 12.0. The molecule has 1 fully saturated rings. The van der Waals surface area contributed by atoms with Gasteiger partial charge in [0.25, 0.3) is 0 Å². The van der Waals surface area contributed by atoms with E-state index in [0.717, 1.165) is 0 Å². The van der Waals surface area contributed by atoms with Crippen LogP contribution < -0.4 is 5.32 Å². The molecule has 0 unspecified atom stereocenters. The lowest BCUT2D eigenvalue weighted by atomic mass is 9.97. The van der Waals surface area contributed by atoms with E-state index in [1.807, 2.05) is 0 Å². The Morgan fingerprint density at radius 1 is 1.22 bits per heavy atom. The molecule has 0 aromatic heterocycles. The van der Waals surface area contributed by atoms with Crippen LogP contribution in [0.1, 0.15) is 0 Å². The number of amides is 1. The molecule has 1 aliphatic rings. The highest BCUT2D eigenvalue weighted by atomic mass is 19.4. The fourth-order valence-corrected chi connectivity index (χ4v) is 1.49. The van der Waals surface area contributed by atoms with Crippen molar-refractivity contribution in [2.45, 2.75) is 36.8 Å². The molecule has 5 atom stereocenters. The quantitative estimate of drug-likeness (QED) is 0.379. The number of hydrogen-bond donors (Lipinski definition) is 5. The topological polar surface area (TPSA) is 119 Å². The number of alkyl halides is 3. The van der Waals surface area contributed by atoms with Gasteiger partial charge in [0.05, 0.1) is 6.61 Å². The van der Waals surface area contributed by atoms with E-state index in [9.17, 15) is 33.3 Å². The van der Waals surface area contributed by atoms with Crippen molar-refractivity contribution in [2.24, 2.45) is 0 Å². The number of carbonyl (C=O) groups is 1. The van der Waals surface area contributed by atoms with Crippen LogP contribution in [0.2, 0.25) is 0 Å². The highest BCUT2D eigenvalue weighted by Crippen LogP contribution is 2.21. The van der Waals surface area contributed by atoms with Crippen LogP contribution in [-0.4, -0.2) is 69.8 Å². The number of ether oxygens (including phenoxy) is 1. The predicted molar refractivity (Wildman–Crippen MR) is 48.0 cm³/mol. The number of aliphatic hydroxyl groups excluding tert-OH is 4. The van der Waals surface area contributed by atoms with E-state index in [0.29, 0.717) is 0 Å². The predicted octanol–water partition coefficient (Wildman–Crippen LogP) is -2.54. The fraction of sp³-hybridized carbons (Fsp3) is 0.875. The molecule has 1 amide bonds. The average Bonchev–Trinajstić information content (AvgIpc) is 2.27. The van der Waals surface area contributed by atoms with Gasteiger partial charge in [-0.05, 0) is 0 Å². The van der Waals surface area contributed by atoms with Gasteiger partial charge in [0.15, 0.2) is 6.29 Å². The summed E-state index contributed by atoms with van der Waals surface area (Å²) in [4.78, 5) is 10.6. The number of carbonyl (C=O) groups excluding carboxylic acids is 1. The minimum Gasteiger partial charge on any atom is -0.394 e. The summed E-state index contributed by atoms with van der Waals surface area (Å²) < 4.78 is 40.5. The first kappa shape index (κ1) is 15.1. The third kappa shape index (κ3) is 3.09. The first-order valence-corrected chi connectivity index (χ1v) is 4.86. The lowest BCUT2D eigenvalue weighted by molar-refractivity contribution is -0.256. The van der Waals surface area contributed by atoms with Crippen LogP contribution in [0.4, 0.5) is 13.2 Å². The van der Waals surface area contributed by atoms with Crippen molar-refractivity contribution in [3.63, 3.8) is 0 Å². The van der Waals surface area contributed by atoms with Gasteiger partial charge in [0.1, 0.15) is 24.4 Å². The molecule has 0 aliphatic carbocycles. The van der Waals surface area contributed by atoms with Crippen molar-refractivity contribution in [3.05, 3.63) is 0 Å². The lowest BCUT2D eigenvalue weighted by Crippen LogP contribution is -2.65. The minimum absolute atomic E-state index is 0.755. The van der Waals surface area contributed by atoms with Crippen LogP contribution in [-0.2, 0) is 9.53 Å². The van der Waals surface area contributed by atoms with Crippen molar-refractivity contribution in [1.82, 2.24) is 5.32 Å². The molecule has 0 aromatic carbocycles. The molecule has 1 heterocycles. The molecular weight excluding hydrogens is 263 g/mol. The van der Waals surface area contributed by atoms with Gasteiger partial charge in [-0.3, -0.25) is 4.79 Å². The Bertz CT molecular complexity index is 312. The standard InChI is InChI=1S/C8H12F3NO6/c9-8(10,11)7(17)12-3-5(15)4(14)2(1-13)18-6(3)16/h2-6,13-16H,1H2,(H,12,17)/t2-,3+,4-,5-,6+/m0/s1. The average molecular weight is 275 g/mol. The Kier molecular flexibility index (Phi) is 4.50. The number of rotatable bonds is 2. The molecule has 1 saturated heterocycles. The SMILES string of the molecule is O=C(N[C@@H]1[C@H](O)[C@@H](O)[C@H](CO)O[C@H]1O)C(F)(F)F. The molecule has 0 bridgehead atoms. The van der Waals surface area contributed by atoms with E-state index in [4.69, 9.17) is 5.11 Å². The number of halogens is 3. The van der Waals surface area contributed by atoms with Gasteiger partial charge < -0.3 is 30.5 Å². The first-order chi connectivity index (χ1) is 8.18. The Morgan fingerprint density at radius 2 is 1.78 bits per heavy atom. The van der Waals surface area contributed by atoms with Gasteiger partial charge in [-0.1, -0.05) is 0 Å². The Labute approximate surface area is 98.8 Å². The van der Waals surface area contributed by atoms with Crippen LogP contribution in [0.15, 0.2) is 0 Å². The monoisotopic (exact) mass is 275 g/mol. The van der Waals surface area contributed by atoms with Crippen molar-refractivity contribution in [2.75, 3.05) is 6.61 Å². The summed E-state index contributed by atoms with van der Waals surface area (Å²) in [5.41, 5.74) is 0. The van der Waals surface area contributed by atoms with Gasteiger partial charge in [-0.25, -0.2) is 0 Å². The number of nitrogens with one attached hydrogen (secondary N) is 1. The molecule has 18 heavy (non-hydrogen) atoms. The maximum Gasteiger partial charge on any atom is 0.471 e. The summed E-state index contributed by atoms with van der Waals surface area (Å²) in [6.45, 7) is -0.755. The van der Waals surface area contributed by atoms with Crippen molar-refractivity contribution >= 4 is 5.91 Å². The van der Waals surface area contributed by atoms with Crippen LogP contribution in [0.25, 0.3) is 0 Å². The molecule has 106 valence electrons. The van der Waals surface area contributed by atoms with E-state index < -0.39 is 49.3 Å². The normalized spacial score (nSPS) is 37.4. The van der Waals surface area contributed by atoms with E-state index in [1.54, 1.807) is 0 Å². The van der Waals surface area contributed by atoms with Crippen LogP contribution in [0, 0.1) is 0 Å². The van der Waals surface area contributed by atoms with Gasteiger partial charge in [-0.15, -0.1) is 0 Å². The largest absolute Gasteiger partial charge is 0.471 e. The third-order valence-corrected chi connectivity index (χ3v) is 2.46. The second-order valence-electron chi connectivity index (χ2n) is 3.73. The zero-order valence-electron chi connectivity index (χ0n) is 8.83. The molecule has 5 N–H and O–H groups in total. The zero-order chi connectivity index (χ0) is 14.1. The smallest absolute Gasteiger partial charge is 0.394 e. The second-order valence-corrected chi connectivity index (χ2v) is 3.73. The molecule has 0 saturated carbocycles. The van der Waals surface area contributed by atoms with Gasteiger partial charge >= 0.3 is 12.1 Å². The van der Waals surface area contributed by atoms with Crippen molar-refractivity contribution < 1.29 is 43.1 Å². The molecule has 0 aromatic rings. The van der Waals surface area contributed by atoms with Crippen molar-refractivity contribution in [1.29, 1.82) is 0 Å². The fourth-order valence-electron chi connectivity index (χ4n) is 1.49. The van der Waals surface area contributed by atoms with E-state index >= 15 is 0 Å². The maximum atomic E-state index is 12.0. The summed E-state index contributed by atoms with van der Waals surface area (Å²) in [7, 11) is 0. The zero-order valence-corrected chi connectivity index (χ0v) is 8.83. The summed E-state index contributed by atoms with van der Waals surface area (Å²) in [5.74, 6) is -2.39. The molecule has 10 heteroatoms. The molecule has 1 rings (SSSR count). The molecular formula is C8H12F3NO6. The van der Waals surface area contributed by atoms with Gasteiger partial charge in [-0.2, -0.15) is 13.2 Å². The highest BCUT2D eigenvalue weighted by Gasteiger charge is 2.48. The Morgan fingerprint density at radius 3 is 2.22 bits per heavy atom. The minimum atomic E-state index is -5.20. The third-order valence-electron chi connectivity index (χ3n) is 2.46. The van der Waals surface area contributed by atoms with E-state index in [1.165, 1.54) is 5.32 Å². The summed E-state index contributed by atoms with van der Waals surface area (Å²) in [5, 5.41) is 38.1.